The molecule has 5 nitrogen and oxygen atoms in total. The third kappa shape index (κ3) is 0.833. The van der Waals surface area contributed by atoms with Crippen LogP contribution in [0.3, 0.4) is 0 Å². The highest BCUT2D eigenvalue weighted by atomic mass is 16.1. The average Bonchev–Trinajstić information content (AvgIpc) is 2.49. The van der Waals surface area contributed by atoms with Gasteiger partial charge in [0.1, 0.15) is 5.69 Å². The maximum Gasteiger partial charge on any atom is 0.268 e. The molecule has 12 heavy (non-hydrogen) atoms. The van der Waals surface area contributed by atoms with Gasteiger partial charge in [-0.3, -0.25) is 9.78 Å². The van der Waals surface area contributed by atoms with E-state index in [1.54, 1.807) is 18.5 Å². The standard InChI is InChI=1S/C7H6N4O/c8-7(12)6-4-9-3-5-1-2-10-11(5)6/h1-4H,(H2,8,12). The first-order valence-electron chi connectivity index (χ1n) is 3.36. The van der Waals surface area contributed by atoms with Crippen LogP contribution in [0.1, 0.15) is 10.5 Å². The molecule has 0 unspecified atom stereocenters. The molecular formula is C7H6N4O. The van der Waals surface area contributed by atoms with Crippen LogP contribution in [-0.2, 0) is 0 Å². The largest absolute Gasteiger partial charge is 0.364 e. The second-order valence-corrected chi connectivity index (χ2v) is 2.32. The number of rotatable bonds is 1. The Hall–Kier alpha value is -1.91. The second kappa shape index (κ2) is 2.30. The Morgan fingerprint density at radius 1 is 1.50 bits per heavy atom. The van der Waals surface area contributed by atoms with E-state index >= 15 is 0 Å². The van der Waals surface area contributed by atoms with E-state index in [0.717, 1.165) is 5.52 Å². The average molecular weight is 162 g/mol. The third-order valence-electron chi connectivity index (χ3n) is 1.56. The molecule has 1 amide bonds. The highest BCUT2D eigenvalue weighted by Crippen LogP contribution is 2.02. The van der Waals surface area contributed by atoms with Crippen LogP contribution >= 0.6 is 0 Å². The third-order valence-corrected chi connectivity index (χ3v) is 1.56. The maximum atomic E-state index is 10.8. The summed E-state index contributed by atoms with van der Waals surface area (Å²) in [7, 11) is 0. The number of nitrogens with two attached hydrogens (primary N) is 1. The minimum absolute atomic E-state index is 0.289. The topological polar surface area (TPSA) is 73.3 Å². The van der Waals surface area contributed by atoms with Gasteiger partial charge in [0.2, 0.25) is 0 Å². The van der Waals surface area contributed by atoms with Gasteiger partial charge in [0, 0.05) is 0 Å². The van der Waals surface area contributed by atoms with Crippen LogP contribution in [0.15, 0.2) is 24.7 Å². The first-order chi connectivity index (χ1) is 5.79. The highest BCUT2D eigenvalue weighted by molar-refractivity contribution is 5.91. The molecule has 0 spiro atoms. The number of amides is 1. The van der Waals surface area contributed by atoms with Crippen molar-refractivity contribution in [2.75, 3.05) is 0 Å². The van der Waals surface area contributed by atoms with Crippen LogP contribution in [-0.4, -0.2) is 20.5 Å². The van der Waals surface area contributed by atoms with E-state index in [-0.39, 0.29) is 5.69 Å². The van der Waals surface area contributed by atoms with Gasteiger partial charge in [-0.15, -0.1) is 0 Å². The number of carbonyl (C=O) groups excluding carboxylic acids is 1. The summed E-state index contributed by atoms with van der Waals surface area (Å²) in [6.45, 7) is 0. The fourth-order valence-corrected chi connectivity index (χ4v) is 1.02. The molecule has 0 fully saturated rings. The zero-order chi connectivity index (χ0) is 8.55. The first-order valence-corrected chi connectivity index (χ1v) is 3.36. The zero-order valence-electron chi connectivity index (χ0n) is 6.14. The van der Waals surface area contributed by atoms with E-state index in [1.807, 2.05) is 0 Å². The molecule has 0 atom stereocenters. The molecule has 2 heterocycles. The fraction of sp³-hybridized carbons (Fsp3) is 0. The lowest BCUT2D eigenvalue weighted by Crippen LogP contribution is -2.16. The fourth-order valence-electron chi connectivity index (χ4n) is 1.02. The van der Waals surface area contributed by atoms with E-state index in [2.05, 4.69) is 10.1 Å². The minimum atomic E-state index is -0.531. The maximum absolute atomic E-state index is 10.8. The first kappa shape index (κ1) is 6.78. The second-order valence-electron chi connectivity index (χ2n) is 2.32. The van der Waals surface area contributed by atoms with Gasteiger partial charge in [-0.25, -0.2) is 4.52 Å². The number of aromatic nitrogens is 3. The molecule has 0 aliphatic rings. The van der Waals surface area contributed by atoms with Gasteiger partial charge in [0.25, 0.3) is 5.91 Å². The van der Waals surface area contributed by atoms with Crippen molar-refractivity contribution in [1.29, 1.82) is 0 Å². The molecule has 5 heteroatoms. The van der Waals surface area contributed by atoms with Crippen molar-refractivity contribution in [2.45, 2.75) is 0 Å². The number of hydrogen-bond donors (Lipinski definition) is 1. The van der Waals surface area contributed by atoms with Crippen molar-refractivity contribution in [3.63, 3.8) is 0 Å². The molecule has 0 aliphatic carbocycles. The molecule has 2 aromatic rings. The van der Waals surface area contributed by atoms with Crippen molar-refractivity contribution >= 4 is 11.4 Å². The van der Waals surface area contributed by atoms with Crippen molar-refractivity contribution < 1.29 is 4.79 Å². The van der Waals surface area contributed by atoms with Gasteiger partial charge < -0.3 is 5.73 Å². The van der Waals surface area contributed by atoms with Crippen molar-refractivity contribution in [2.24, 2.45) is 5.73 Å². The smallest absolute Gasteiger partial charge is 0.268 e. The Morgan fingerprint density at radius 3 is 3.08 bits per heavy atom. The van der Waals surface area contributed by atoms with Crippen LogP contribution in [0.25, 0.3) is 5.52 Å². The van der Waals surface area contributed by atoms with Crippen molar-refractivity contribution in [1.82, 2.24) is 14.6 Å². The lowest BCUT2D eigenvalue weighted by atomic mass is 10.4. The van der Waals surface area contributed by atoms with Crippen LogP contribution in [0.5, 0.6) is 0 Å². The van der Waals surface area contributed by atoms with Gasteiger partial charge in [0.05, 0.1) is 24.1 Å². The van der Waals surface area contributed by atoms with Gasteiger partial charge in [0.15, 0.2) is 0 Å². The molecule has 0 saturated carbocycles. The van der Waals surface area contributed by atoms with E-state index in [0.29, 0.717) is 0 Å². The summed E-state index contributed by atoms with van der Waals surface area (Å²) in [5.41, 5.74) is 6.14. The Kier molecular flexibility index (Phi) is 1.30. The summed E-state index contributed by atoms with van der Waals surface area (Å²) in [5.74, 6) is -0.531. The van der Waals surface area contributed by atoms with E-state index in [9.17, 15) is 4.79 Å². The summed E-state index contributed by atoms with van der Waals surface area (Å²) in [4.78, 5) is 14.7. The van der Waals surface area contributed by atoms with Crippen molar-refractivity contribution in [3.8, 4) is 0 Å². The quantitative estimate of drug-likeness (QED) is 0.632. The zero-order valence-corrected chi connectivity index (χ0v) is 6.14. The van der Waals surface area contributed by atoms with Gasteiger partial charge in [-0.2, -0.15) is 5.10 Å². The summed E-state index contributed by atoms with van der Waals surface area (Å²) in [5, 5.41) is 3.92. The van der Waals surface area contributed by atoms with Crippen LogP contribution in [0.2, 0.25) is 0 Å². The highest BCUT2D eigenvalue weighted by Gasteiger charge is 2.05. The van der Waals surface area contributed by atoms with Crippen LogP contribution in [0.4, 0.5) is 0 Å². The number of primary amides is 1. The monoisotopic (exact) mass is 162 g/mol. The SMILES string of the molecule is NC(=O)c1cncc2ccnn12. The predicted molar refractivity (Wildman–Crippen MR) is 41.5 cm³/mol. The molecular weight excluding hydrogens is 156 g/mol. The van der Waals surface area contributed by atoms with Gasteiger partial charge in [-0.05, 0) is 6.07 Å². The molecule has 0 aliphatic heterocycles. The molecule has 60 valence electrons. The lowest BCUT2D eigenvalue weighted by molar-refractivity contribution is 0.0993. The number of nitrogens with zero attached hydrogens (tertiary/aromatic N) is 3. The lowest BCUT2D eigenvalue weighted by Gasteiger charge is -1.97. The van der Waals surface area contributed by atoms with Crippen LogP contribution in [0, 0.1) is 0 Å². The minimum Gasteiger partial charge on any atom is -0.364 e. The number of fused-ring (bicyclic) bond motifs is 1. The molecule has 0 aromatic carbocycles. The number of carbonyl (C=O) groups is 1. The summed E-state index contributed by atoms with van der Waals surface area (Å²) in [6.07, 6.45) is 4.59. The normalized spacial score (nSPS) is 10.3. The molecule has 0 saturated heterocycles. The van der Waals surface area contributed by atoms with E-state index in [1.165, 1.54) is 10.7 Å². The Balaban J connectivity index is 2.82. The number of hydrogen-bond acceptors (Lipinski definition) is 3. The van der Waals surface area contributed by atoms with E-state index in [4.69, 9.17) is 5.73 Å². The summed E-state index contributed by atoms with van der Waals surface area (Å²) in [6, 6.07) is 1.75. The molecule has 2 aromatic heterocycles. The summed E-state index contributed by atoms with van der Waals surface area (Å²) < 4.78 is 1.45. The Bertz CT molecular complexity index is 434. The van der Waals surface area contributed by atoms with Gasteiger partial charge >= 0.3 is 0 Å². The predicted octanol–water partition coefficient (Wildman–Crippen LogP) is -0.172. The Morgan fingerprint density at radius 2 is 2.33 bits per heavy atom. The molecule has 2 N–H and O–H groups in total. The molecule has 0 bridgehead atoms. The molecule has 0 radical (unpaired) electrons. The van der Waals surface area contributed by atoms with Crippen molar-refractivity contribution in [3.05, 3.63) is 30.4 Å². The van der Waals surface area contributed by atoms with Crippen LogP contribution < -0.4 is 5.73 Å². The molecule has 2 rings (SSSR count). The summed E-state index contributed by atoms with van der Waals surface area (Å²) >= 11 is 0. The van der Waals surface area contributed by atoms with E-state index < -0.39 is 5.91 Å². The Labute approximate surface area is 67.8 Å². The van der Waals surface area contributed by atoms with Gasteiger partial charge in [-0.1, -0.05) is 0 Å².